The van der Waals surface area contributed by atoms with E-state index in [0.29, 0.717) is 26.9 Å². The molecule has 0 aliphatic heterocycles. The molecule has 0 heterocycles. The van der Waals surface area contributed by atoms with E-state index >= 15 is 0 Å². The van der Waals surface area contributed by atoms with Crippen molar-refractivity contribution >= 4 is 23.2 Å². The molecule has 1 fully saturated rings. The molecule has 0 radical (unpaired) electrons. The molecule has 3 aromatic rings. The summed E-state index contributed by atoms with van der Waals surface area (Å²) < 4.78 is 46.1. The Balaban J connectivity index is 1.59. The van der Waals surface area contributed by atoms with E-state index in [4.69, 9.17) is 27.9 Å². The summed E-state index contributed by atoms with van der Waals surface area (Å²) in [6.07, 6.45) is 2.01. The van der Waals surface area contributed by atoms with E-state index in [1.165, 1.54) is 12.1 Å². The van der Waals surface area contributed by atoms with Gasteiger partial charge in [0.1, 0.15) is 23.9 Å². The van der Waals surface area contributed by atoms with Gasteiger partial charge in [0.2, 0.25) is 0 Å². The van der Waals surface area contributed by atoms with Crippen LogP contribution in [0.5, 0.6) is 11.5 Å². The predicted molar refractivity (Wildman–Crippen MR) is 117 cm³/mol. The van der Waals surface area contributed by atoms with Crippen LogP contribution in [0.1, 0.15) is 24.0 Å². The smallest absolute Gasteiger partial charge is 0.194 e. The molecule has 1 saturated carbocycles. The normalized spacial score (nSPS) is 12.7. The van der Waals surface area contributed by atoms with E-state index in [2.05, 4.69) is 0 Å². The third-order valence-electron chi connectivity index (χ3n) is 5.13. The summed E-state index contributed by atoms with van der Waals surface area (Å²) in [5, 5.41) is 20.7. The number of phenolic OH excluding ortho intramolecular Hbond substituents is 1. The first-order chi connectivity index (χ1) is 15.2. The molecule has 0 aromatic heterocycles. The van der Waals surface area contributed by atoms with Crippen LogP contribution in [0, 0.1) is 17.5 Å². The highest BCUT2D eigenvalue weighted by atomic mass is 35.5. The number of rotatable bonds is 6. The lowest BCUT2D eigenvalue weighted by Crippen LogP contribution is -2.01. The molecule has 0 atom stereocenters. The SMILES string of the molecule is OC(COc1cc(Cl)c(Cc2ccc(O)c(-c3cc(F)c(F)c(F)c3)c2)c(Cl)c1)=C1CC1. The topological polar surface area (TPSA) is 49.7 Å². The molecule has 0 unspecified atom stereocenters. The lowest BCUT2D eigenvalue weighted by atomic mass is 9.98. The Kier molecular flexibility index (Phi) is 6.26. The zero-order valence-electron chi connectivity index (χ0n) is 16.6. The van der Waals surface area contributed by atoms with Crippen LogP contribution < -0.4 is 4.74 Å². The van der Waals surface area contributed by atoms with E-state index in [1.807, 2.05) is 0 Å². The van der Waals surface area contributed by atoms with Gasteiger partial charge in [-0.25, -0.2) is 13.2 Å². The molecule has 8 heteroatoms. The number of phenols is 1. The highest BCUT2D eigenvalue weighted by Gasteiger charge is 2.18. The molecule has 32 heavy (non-hydrogen) atoms. The van der Waals surface area contributed by atoms with Crippen LogP contribution in [-0.2, 0) is 6.42 Å². The number of hydrogen-bond donors (Lipinski definition) is 2. The van der Waals surface area contributed by atoms with Gasteiger partial charge in [0, 0.05) is 22.0 Å². The molecule has 3 aromatic carbocycles. The van der Waals surface area contributed by atoms with Crippen molar-refractivity contribution in [2.24, 2.45) is 0 Å². The van der Waals surface area contributed by atoms with E-state index in [0.717, 1.165) is 30.5 Å². The number of aliphatic hydroxyl groups excluding tert-OH is 1. The van der Waals surface area contributed by atoms with Crippen LogP contribution in [0.4, 0.5) is 13.2 Å². The van der Waals surface area contributed by atoms with Gasteiger partial charge in [-0.3, -0.25) is 0 Å². The summed E-state index contributed by atoms with van der Waals surface area (Å²) >= 11 is 12.8. The van der Waals surface area contributed by atoms with Gasteiger partial charge >= 0.3 is 0 Å². The first-order valence-electron chi connectivity index (χ1n) is 9.70. The molecule has 0 amide bonds. The van der Waals surface area contributed by atoms with Crippen molar-refractivity contribution in [2.45, 2.75) is 19.3 Å². The van der Waals surface area contributed by atoms with Gasteiger partial charge in [0.15, 0.2) is 17.5 Å². The van der Waals surface area contributed by atoms with Crippen molar-refractivity contribution in [3.8, 4) is 22.6 Å². The minimum Gasteiger partial charge on any atom is -0.509 e. The van der Waals surface area contributed by atoms with Gasteiger partial charge in [0.05, 0.1) is 0 Å². The fourth-order valence-electron chi connectivity index (χ4n) is 3.28. The van der Waals surface area contributed by atoms with E-state index in [1.54, 1.807) is 18.2 Å². The van der Waals surface area contributed by atoms with E-state index in [9.17, 15) is 23.4 Å². The third-order valence-corrected chi connectivity index (χ3v) is 5.81. The Morgan fingerprint density at radius 2 is 1.56 bits per heavy atom. The van der Waals surface area contributed by atoms with Crippen LogP contribution in [0.2, 0.25) is 10.0 Å². The average molecular weight is 481 g/mol. The molecular formula is C24H17Cl2F3O3. The summed E-state index contributed by atoms with van der Waals surface area (Å²) in [7, 11) is 0. The van der Waals surface area contributed by atoms with Gasteiger partial charge in [0.25, 0.3) is 0 Å². The van der Waals surface area contributed by atoms with Gasteiger partial charge in [-0.2, -0.15) is 0 Å². The Morgan fingerprint density at radius 1 is 0.938 bits per heavy atom. The van der Waals surface area contributed by atoms with Crippen molar-refractivity contribution in [3.05, 3.63) is 92.4 Å². The quantitative estimate of drug-likeness (QED) is 0.286. The second-order valence-corrected chi connectivity index (χ2v) is 8.30. The average Bonchev–Trinajstić information content (AvgIpc) is 3.59. The lowest BCUT2D eigenvalue weighted by Gasteiger charge is -2.13. The Morgan fingerprint density at radius 3 is 2.16 bits per heavy atom. The number of aromatic hydroxyl groups is 1. The molecule has 0 spiro atoms. The zero-order valence-corrected chi connectivity index (χ0v) is 18.1. The Hall–Kier alpha value is -2.83. The number of ether oxygens (including phenoxy) is 1. The highest BCUT2D eigenvalue weighted by Crippen LogP contribution is 2.36. The molecule has 4 rings (SSSR count). The van der Waals surface area contributed by atoms with Crippen molar-refractivity contribution in [2.75, 3.05) is 6.61 Å². The van der Waals surface area contributed by atoms with Gasteiger partial charge in [-0.05, 0) is 71.5 Å². The molecular weight excluding hydrogens is 464 g/mol. The third kappa shape index (κ3) is 4.81. The maximum atomic E-state index is 13.6. The number of halogens is 5. The number of benzene rings is 3. The van der Waals surface area contributed by atoms with Gasteiger partial charge in [-0.1, -0.05) is 29.3 Å². The van der Waals surface area contributed by atoms with Crippen LogP contribution in [0.15, 0.2) is 53.8 Å². The predicted octanol–water partition coefficient (Wildman–Crippen LogP) is 7.36. The van der Waals surface area contributed by atoms with Crippen LogP contribution in [0.3, 0.4) is 0 Å². The number of allylic oxidation sites excluding steroid dienone is 1. The molecule has 0 bridgehead atoms. The largest absolute Gasteiger partial charge is 0.509 e. The second-order valence-electron chi connectivity index (χ2n) is 7.49. The van der Waals surface area contributed by atoms with Crippen molar-refractivity contribution in [1.82, 2.24) is 0 Å². The maximum absolute atomic E-state index is 13.6. The van der Waals surface area contributed by atoms with E-state index < -0.39 is 17.5 Å². The van der Waals surface area contributed by atoms with Crippen LogP contribution in [-0.4, -0.2) is 16.8 Å². The van der Waals surface area contributed by atoms with Gasteiger partial charge in [-0.15, -0.1) is 0 Å². The van der Waals surface area contributed by atoms with Crippen molar-refractivity contribution in [1.29, 1.82) is 0 Å². The minimum absolute atomic E-state index is 0.00807. The monoisotopic (exact) mass is 480 g/mol. The molecule has 3 nitrogen and oxygen atoms in total. The first-order valence-corrected chi connectivity index (χ1v) is 10.5. The second kappa shape index (κ2) is 8.96. The summed E-state index contributed by atoms with van der Waals surface area (Å²) in [5.41, 5.74) is 2.33. The van der Waals surface area contributed by atoms with Crippen molar-refractivity contribution in [3.63, 3.8) is 0 Å². The molecule has 1 aliphatic rings. The summed E-state index contributed by atoms with van der Waals surface area (Å²) in [4.78, 5) is 0. The molecule has 0 saturated heterocycles. The first kappa shape index (κ1) is 22.4. The standard InChI is InChI=1S/C24H17Cl2F3O3/c25-18-9-15(32-11-23(31)13-2-3-13)10-19(26)17(18)6-12-1-4-22(30)16(5-12)14-7-20(27)24(29)21(28)8-14/h1,4-5,7-10,30-31H,2-3,6,11H2. The zero-order chi connectivity index (χ0) is 23.0. The fourth-order valence-corrected chi connectivity index (χ4v) is 3.88. The van der Waals surface area contributed by atoms with Crippen LogP contribution in [0.25, 0.3) is 11.1 Å². The fraction of sp³-hybridized carbons (Fsp3) is 0.167. The maximum Gasteiger partial charge on any atom is 0.194 e. The van der Waals surface area contributed by atoms with Crippen LogP contribution >= 0.6 is 23.2 Å². The molecule has 166 valence electrons. The van der Waals surface area contributed by atoms with E-state index in [-0.39, 0.29) is 35.7 Å². The summed E-state index contributed by atoms with van der Waals surface area (Å²) in [6.45, 7) is 0.0352. The number of hydrogen-bond acceptors (Lipinski definition) is 3. The van der Waals surface area contributed by atoms with Gasteiger partial charge < -0.3 is 14.9 Å². The highest BCUT2D eigenvalue weighted by molar-refractivity contribution is 6.36. The Labute approximate surface area is 192 Å². The summed E-state index contributed by atoms with van der Waals surface area (Å²) in [6, 6.07) is 9.31. The Bertz CT molecular complexity index is 1190. The number of aliphatic hydroxyl groups is 1. The lowest BCUT2D eigenvalue weighted by molar-refractivity contribution is 0.269. The minimum atomic E-state index is -1.58. The molecule has 2 N–H and O–H groups in total. The molecule has 1 aliphatic carbocycles. The van der Waals surface area contributed by atoms with Crippen molar-refractivity contribution < 1.29 is 28.1 Å². The summed E-state index contributed by atoms with van der Waals surface area (Å²) in [5.74, 6) is -3.88.